The standard InChI is InChI=1S/C8H11NOS/c1-3-6-11-7-5-9-8(10)4-2/h1,4H,2,5-7H2,(H,9,10). The molecule has 0 radical (unpaired) electrons. The van der Waals surface area contributed by atoms with Gasteiger partial charge in [0.1, 0.15) is 0 Å². The summed E-state index contributed by atoms with van der Waals surface area (Å²) in [6, 6.07) is 0. The molecule has 3 heteroatoms. The lowest BCUT2D eigenvalue weighted by Gasteiger charge is -1.98. The Morgan fingerprint density at radius 3 is 3.09 bits per heavy atom. The van der Waals surface area contributed by atoms with Crippen molar-refractivity contribution in [2.75, 3.05) is 18.1 Å². The van der Waals surface area contributed by atoms with Crippen molar-refractivity contribution in [3.8, 4) is 12.3 Å². The first kappa shape index (κ1) is 10.1. The van der Waals surface area contributed by atoms with Crippen LogP contribution in [0, 0.1) is 12.3 Å². The van der Waals surface area contributed by atoms with Crippen LogP contribution in [0.2, 0.25) is 0 Å². The van der Waals surface area contributed by atoms with Gasteiger partial charge >= 0.3 is 0 Å². The molecule has 0 aromatic heterocycles. The maximum Gasteiger partial charge on any atom is 0.243 e. The Hall–Kier alpha value is -0.880. The molecule has 0 rings (SSSR count). The number of carbonyl (C=O) groups excluding carboxylic acids is 1. The molecule has 0 aliphatic rings. The van der Waals surface area contributed by atoms with E-state index in [1.54, 1.807) is 11.8 Å². The van der Waals surface area contributed by atoms with Crippen LogP contribution in [0.3, 0.4) is 0 Å². The number of amides is 1. The van der Waals surface area contributed by atoms with Crippen LogP contribution in [0.25, 0.3) is 0 Å². The molecule has 1 amide bonds. The zero-order chi connectivity index (χ0) is 8.53. The molecule has 0 spiro atoms. The maximum atomic E-state index is 10.6. The van der Waals surface area contributed by atoms with Crippen molar-refractivity contribution in [3.63, 3.8) is 0 Å². The molecule has 0 atom stereocenters. The third-order valence-electron chi connectivity index (χ3n) is 0.916. The predicted molar refractivity (Wildman–Crippen MR) is 49.4 cm³/mol. The Balaban J connectivity index is 3.09. The van der Waals surface area contributed by atoms with E-state index in [2.05, 4.69) is 17.8 Å². The molecular weight excluding hydrogens is 158 g/mol. The second-order valence-electron chi connectivity index (χ2n) is 1.75. The highest BCUT2D eigenvalue weighted by Gasteiger charge is 1.91. The van der Waals surface area contributed by atoms with Gasteiger partial charge in [-0.2, -0.15) is 0 Å². The first-order valence-corrected chi connectivity index (χ1v) is 4.38. The van der Waals surface area contributed by atoms with Crippen molar-refractivity contribution >= 4 is 17.7 Å². The molecule has 0 bridgehead atoms. The zero-order valence-electron chi connectivity index (χ0n) is 6.30. The number of terminal acetylenes is 1. The average Bonchev–Trinajstić information content (AvgIpc) is 2.04. The molecule has 0 fully saturated rings. The maximum absolute atomic E-state index is 10.6. The van der Waals surface area contributed by atoms with Gasteiger partial charge in [0.25, 0.3) is 0 Å². The van der Waals surface area contributed by atoms with Crippen molar-refractivity contribution in [3.05, 3.63) is 12.7 Å². The Morgan fingerprint density at radius 1 is 1.82 bits per heavy atom. The van der Waals surface area contributed by atoms with Crippen LogP contribution in [-0.4, -0.2) is 24.0 Å². The van der Waals surface area contributed by atoms with Crippen molar-refractivity contribution in [2.45, 2.75) is 0 Å². The van der Waals surface area contributed by atoms with Crippen molar-refractivity contribution in [2.24, 2.45) is 0 Å². The minimum absolute atomic E-state index is 0.133. The molecule has 2 nitrogen and oxygen atoms in total. The van der Waals surface area contributed by atoms with E-state index in [4.69, 9.17) is 6.42 Å². The Bertz CT molecular complexity index is 171. The third-order valence-corrected chi connectivity index (χ3v) is 1.78. The van der Waals surface area contributed by atoms with Gasteiger partial charge in [-0.3, -0.25) is 4.79 Å². The molecule has 0 aromatic rings. The van der Waals surface area contributed by atoms with E-state index in [0.717, 1.165) is 5.75 Å². The van der Waals surface area contributed by atoms with Gasteiger partial charge in [0.05, 0.1) is 5.75 Å². The molecule has 0 aliphatic heterocycles. The highest BCUT2D eigenvalue weighted by atomic mass is 32.2. The topological polar surface area (TPSA) is 29.1 Å². The number of hydrogen-bond donors (Lipinski definition) is 1. The van der Waals surface area contributed by atoms with Crippen molar-refractivity contribution in [1.29, 1.82) is 0 Å². The molecule has 0 saturated heterocycles. The van der Waals surface area contributed by atoms with Crippen LogP contribution < -0.4 is 5.32 Å². The lowest BCUT2D eigenvalue weighted by atomic mass is 10.6. The van der Waals surface area contributed by atoms with Gasteiger partial charge in [0, 0.05) is 12.3 Å². The van der Waals surface area contributed by atoms with E-state index >= 15 is 0 Å². The molecule has 1 N–H and O–H groups in total. The summed E-state index contributed by atoms with van der Waals surface area (Å²) in [6.07, 6.45) is 6.28. The van der Waals surface area contributed by atoms with E-state index < -0.39 is 0 Å². The van der Waals surface area contributed by atoms with Crippen molar-refractivity contribution in [1.82, 2.24) is 5.32 Å². The van der Waals surface area contributed by atoms with Crippen LogP contribution >= 0.6 is 11.8 Å². The van der Waals surface area contributed by atoms with Gasteiger partial charge in [-0.25, -0.2) is 0 Å². The Kier molecular flexibility index (Phi) is 6.65. The number of hydrogen-bond acceptors (Lipinski definition) is 2. The van der Waals surface area contributed by atoms with Gasteiger partial charge in [-0.1, -0.05) is 12.5 Å². The zero-order valence-corrected chi connectivity index (χ0v) is 7.12. The summed E-state index contributed by atoms with van der Waals surface area (Å²) in [4.78, 5) is 10.6. The van der Waals surface area contributed by atoms with Gasteiger partial charge < -0.3 is 5.32 Å². The summed E-state index contributed by atoms with van der Waals surface area (Å²) >= 11 is 1.62. The van der Waals surface area contributed by atoms with E-state index in [9.17, 15) is 4.79 Å². The second-order valence-corrected chi connectivity index (χ2v) is 2.86. The fraction of sp³-hybridized carbons (Fsp3) is 0.375. The van der Waals surface area contributed by atoms with Gasteiger partial charge in [0.15, 0.2) is 0 Å². The van der Waals surface area contributed by atoms with E-state index in [-0.39, 0.29) is 5.91 Å². The van der Waals surface area contributed by atoms with Gasteiger partial charge in [-0.05, 0) is 6.08 Å². The number of nitrogens with one attached hydrogen (secondary N) is 1. The minimum atomic E-state index is -0.133. The van der Waals surface area contributed by atoms with E-state index in [0.29, 0.717) is 12.3 Å². The lowest BCUT2D eigenvalue weighted by Crippen LogP contribution is -2.23. The molecule has 60 valence electrons. The van der Waals surface area contributed by atoms with Gasteiger partial charge in [0.2, 0.25) is 5.91 Å². The molecule has 0 heterocycles. The normalized spacial score (nSPS) is 8.27. The predicted octanol–water partition coefficient (Wildman–Crippen LogP) is 0.655. The molecule has 0 unspecified atom stereocenters. The first-order chi connectivity index (χ1) is 5.31. The Morgan fingerprint density at radius 2 is 2.55 bits per heavy atom. The quantitative estimate of drug-likeness (QED) is 0.372. The van der Waals surface area contributed by atoms with Gasteiger partial charge in [-0.15, -0.1) is 18.2 Å². The third kappa shape index (κ3) is 7.01. The smallest absolute Gasteiger partial charge is 0.243 e. The summed E-state index contributed by atoms with van der Waals surface area (Å²) in [5, 5.41) is 2.64. The number of carbonyl (C=O) groups is 1. The lowest BCUT2D eigenvalue weighted by molar-refractivity contribution is -0.116. The summed E-state index contributed by atoms with van der Waals surface area (Å²) < 4.78 is 0. The minimum Gasteiger partial charge on any atom is -0.352 e. The molecule has 0 saturated carbocycles. The highest BCUT2D eigenvalue weighted by molar-refractivity contribution is 7.99. The van der Waals surface area contributed by atoms with Crippen LogP contribution in [0.4, 0.5) is 0 Å². The monoisotopic (exact) mass is 169 g/mol. The summed E-state index contributed by atoms with van der Waals surface area (Å²) in [7, 11) is 0. The first-order valence-electron chi connectivity index (χ1n) is 3.22. The van der Waals surface area contributed by atoms with Crippen molar-refractivity contribution < 1.29 is 4.79 Å². The van der Waals surface area contributed by atoms with E-state index in [1.807, 2.05) is 0 Å². The second kappa shape index (κ2) is 7.23. The fourth-order valence-electron chi connectivity index (χ4n) is 0.450. The van der Waals surface area contributed by atoms with Crippen LogP contribution in [-0.2, 0) is 4.79 Å². The largest absolute Gasteiger partial charge is 0.352 e. The highest BCUT2D eigenvalue weighted by Crippen LogP contribution is 1.94. The number of thioether (sulfide) groups is 1. The fourth-order valence-corrected chi connectivity index (χ4v) is 0.958. The van der Waals surface area contributed by atoms with Crippen LogP contribution in [0.1, 0.15) is 0 Å². The van der Waals surface area contributed by atoms with Crippen LogP contribution in [0.15, 0.2) is 12.7 Å². The summed E-state index contributed by atoms with van der Waals surface area (Å²) in [5.74, 6) is 3.92. The summed E-state index contributed by atoms with van der Waals surface area (Å²) in [6.45, 7) is 3.97. The SMILES string of the molecule is C#CCSCCNC(=O)C=C. The Labute approximate surface area is 71.4 Å². The molecular formula is C8H11NOS. The average molecular weight is 169 g/mol. The van der Waals surface area contributed by atoms with E-state index in [1.165, 1.54) is 6.08 Å². The summed E-state index contributed by atoms with van der Waals surface area (Å²) in [5.41, 5.74) is 0. The molecule has 11 heavy (non-hydrogen) atoms. The molecule has 0 aromatic carbocycles. The number of rotatable bonds is 5. The van der Waals surface area contributed by atoms with Crippen LogP contribution in [0.5, 0.6) is 0 Å². The molecule has 0 aliphatic carbocycles.